The first-order valence-corrected chi connectivity index (χ1v) is 8.19. The van der Waals surface area contributed by atoms with E-state index < -0.39 is 17.7 Å². The maximum absolute atomic E-state index is 13.2. The van der Waals surface area contributed by atoms with E-state index in [9.17, 15) is 14.0 Å². The van der Waals surface area contributed by atoms with Gasteiger partial charge in [-0.15, -0.1) is 0 Å². The number of ketones is 1. The van der Waals surface area contributed by atoms with Gasteiger partial charge in [0.05, 0.1) is 11.3 Å². The Bertz CT molecular complexity index is 983. The topological polar surface area (TPSA) is 110 Å². The van der Waals surface area contributed by atoms with Crippen LogP contribution in [0.5, 0.6) is 5.75 Å². The Morgan fingerprint density at radius 2 is 1.96 bits per heavy atom. The fourth-order valence-electron chi connectivity index (χ4n) is 2.54. The Hall–Kier alpha value is -3.68. The number of hydrogen-bond donors (Lipinski definition) is 3. The summed E-state index contributed by atoms with van der Waals surface area (Å²) in [6.45, 7) is 2.18. The van der Waals surface area contributed by atoms with Crippen molar-refractivity contribution in [1.82, 2.24) is 15.5 Å². The average molecular weight is 368 g/mol. The van der Waals surface area contributed by atoms with Gasteiger partial charge in [0.15, 0.2) is 11.6 Å². The summed E-state index contributed by atoms with van der Waals surface area (Å²) in [7, 11) is 0. The molecule has 0 aliphatic carbocycles. The number of aromatic amines is 1. The lowest BCUT2D eigenvalue weighted by atomic mass is 9.99. The highest BCUT2D eigenvalue weighted by Crippen LogP contribution is 2.28. The van der Waals surface area contributed by atoms with Gasteiger partial charge in [-0.05, 0) is 43.3 Å². The number of carbonyl (C=O) groups excluding carboxylic acids is 2. The molecule has 0 aliphatic rings. The van der Waals surface area contributed by atoms with Crippen LogP contribution in [0.15, 0.2) is 48.5 Å². The summed E-state index contributed by atoms with van der Waals surface area (Å²) in [6.07, 6.45) is -0.614. The van der Waals surface area contributed by atoms with Crippen LogP contribution in [-0.4, -0.2) is 28.6 Å². The van der Waals surface area contributed by atoms with Crippen molar-refractivity contribution in [2.24, 2.45) is 0 Å². The number of benzene rings is 2. The first-order chi connectivity index (χ1) is 13.0. The molecule has 4 N–H and O–H groups in total. The summed E-state index contributed by atoms with van der Waals surface area (Å²) < 4.78 is 18.3. The van der Waals surface area contributed by atoms with Gasteiger partial charge in [-0.1, -0.05) is 12.1 Å². The van der Waals surface area contributed by atoms with E-state index in [0.29, 0.717) is 17.8 Å². The smallest absolute Gasteiger partial charge is 0.410 e. The number of hydrogen-bond acceptors (Lipinski definition) is 5. The van der Waals surface area contributed by atoms with E-state index in [1.807, 2.05) is 0 Å². The first-order valence-electron chi connectivity index (χ1n) is 8.19. The predicted molar refractivity (Wildman–Crippen MR) is 98.0 cm³/mol. The van der Waals surface area contributed by atoms with Crippen LogP contribution < -0.4 is 15.8 Å². The highest BCUT2D eigenvalue weighted by atomic mass is 19.1. The Morgan fingerprint density at radius 1 is 1.22 bits per heavy atom. The number of nitrogens with one attached hydrogen (secondary N) is 2. The number of carbonyl (C=O) groups is 2. The first kappa shape index (κ1) is 18.1. The van der Waals surface area contributed by atoms with E-state index in [2.05, 4.69) is 15.5 Å². The molecule has 0 atom stereocenters. The number of amides is 1. The summed E-state index contributed by atoms with van der Waals surface area (Å²) in [5.41, 5.74) is 7.26. The van der Waals surface area contributed by atoms with Crippen molar-refractivity contribution in [3.63, 3.8) is 0 Å². The molecule has 0 saturated carbocycles. The Morgan fingerprint density at radius 3 is 2.67 bits per heavy atom. The van der Waals surface area contributed by atoms with Crippen LogP contribution in [-0.2, 0) is 0 Å². The second-order valence-electron chi connectivity index (χ2n) is 5.64. The molecule has 1 aromatic heterocycles. The minimum absolute atomic E-state index is 0.0226. The van der Waals surface area contributed by atoms with Crippen LogP contribution in [0.4, 0.5) is 15.0 Å². The normalized spacial score (nSPS) is 10.4. The predicted octanol–water partition coefficient (Wildman–Crippen LogP) is 3.14. The van der Waals surface area contributed by atoms with E-state index >= 15 is 0 Å². The number of nitrogens with zero attached hydrogens (tertiary/aromatic N) is 1. The molecule has 0 bridgehead atoms. The molecule has 27 heavy (non-hydrogen) atoms. The van der Waals surface area contributed by atoms with Crippen molar-refractivity contribution in [3.05, 3.63) is 65.5 Å². The molecule has 3 rings (SSSR count). The summed E-state index contributed by atoms with van der Waals surface area (Å²) in [4.78, 5) is 24.5. The van der Waals surface area contributed by atoms with E-state index in [4.69, 9.17) is 10.5 Å². The summed E-state index contributed by atoms with van der Waals surface area (Å²) in [5, 5.41) is 9.11. The van der Waals surface area contributed by atoms with Crippen molar-refractivity contribution < 1.29 is 18.7 Å². The standard InChI is InChI=1S/C19H17FN4O3/c1-2-22-19(26)27-14-5-3-4-12(10-14)17(25)15-16(23-24-18(15)21)11-6-8-13(20)9-7-11/h3-10H,2H2,1H3,(H,22,26)(H3,21,23,24). The van der Waals surface area contributed by atoms with Crippen molar-refractivity contribution in [3.8, 4) is 17.0 Å². The van der Waals surface area contributed by atoms with Gasteiger partial charge in [-0.3, -0.25) is 9.89 Å². The van der Waals surface area contributed by atoms with Gasteiger partial charge in [-0.2, -0.15) is 5.10 Å². The van der Waals surface area contributed by atoms with Crippen molar-refractivity contribution >= 4 is 17.7 Å². The zero-order valence-corrected chi connectivity index (χ0v) is 14.5. The Kier molecular flexibility index (Phi) is 5.16. The molecule has 138 valence electrons. The van der Waals surface area contributed by atoms with Crippen LogP contribution in [0.3, 0.4) is 0 Å². The van der Waals surface area contributed by atoms with Crippen molar-refractivity contribution in [2.75, 3.05) is 12.3 Å². The number of aromatic nitrogens is 2. The highest BCUT2D eigenvalue weighted by molar-refractivity contribution is 6.15. The zero-order valence-electron chi connectivity index (χ0n) is 14.5. The van der Waals surface area contributed by atoms with Gasteiger partial charge in [0.1, 0.15) is 11.6 Å². The van der Waals surface area contributed by atoms with Gasteiger partial charge in [0, 0.05) is 17.7 Å². The number of ether oxygens (including phenoxy) is 1. The van der Waals surface area contributed by atoms with Crippen LogP contribution >= 0.6 is 0 Å². The third-order valence-electron chi connectivity index (χ3n) is 3.78. The Labute approximate surface area is 154 Å². The molecule has 3 aromatic rings. The van der Waals surface area contributed by atoms with Crippen LogP contribution in [0.25, 0.3) is 11.3 Å². The molecule has 0 saturated heterocycles. The maximum atomic E-state index is 13.2. The van der Waals surface area contributed by atoms with Gasteiger partial charge < -0.3 is 15.8 Å². The molecule has 1 heterocycles. The van der Waals surface area contributed by atoms with Crippen LogP contribution in [0.1, 0.15) is 22.8 Å². The monoisotopic (exact) mass is 368 g/mol. The third-order valence-corrected chi connectivity index (χ3v) is 3.78. The van der Waals surface area contributed by atoms with Gasteiger partial charge in [-0.25, -0.2) is 9.18 Å². The number of nitrogen functional groups attached to an aromatic ring is 1. The quantitative estimate of drug-likeness (QED) is 0.599. The number of rotatable bonds is 5. The molecule has 7 nitrogen and oxygen atoms in total. The van der Waals surface area contributed by atoms with E-state index in [1.165, 1.54) is 30.3 Å². The molecule has 0 fully saturated rings. The van der Waals surface area contributed by atoms with E-state index in [-0.39, 0.29) is 22.7 Å². The summed E-state index contributed by atoms with van der Waals surface area (Å²) >= 11 is 0. The highest BCUT2D eigenvalue weighted by Gasteiger charge is 2.22. The van der Waals surface area contributed by atoms with Crippen molar-refractivity contribution in [2.45, 2.75) is 6.92 Å². The molecule has 0 radical (unpaired) electrons. The number of H-pyrrole nitrogens is 1. The second-order valence-corrected chi connectivity index (χ2v) is 5.64. The lowest BCUT2D eigenvalue weighted by Crippen LogP contribution is -2.26. The third kappa shape index (κ3) is 3.95. The molecular formula is C19H17FN4O3. The second kappa shape index (κ2) is 7.69. The van der Waals surface area contributed by atoms with E-state index in [1.54, 1.807) is 25.1 Å². The molecule has 0 spiro atoms. The molecule has 0 aliphatic heterocycles. The van der Waals surface area contributed by atoms with Gasteiger partial charge in [0.2, 0.25) is 0 Å². The maximum Gasteiger partial charge on any atom is 0.412 e. The molecule has 2 aromatic carbocycles. The molecule has 8 heteroatoms. The molecule has 1 amide bonds. The van der Waals surface area contributed by atoms with E-state index in [0.717, 1.165) is 0 Å². The Balaban J connectivity index is 1.94. The van der Waals surface area contributed by atoms with Gasteiger partial charge >= 0.3 is 6.09 Å². The SMILES string of the molecule is CCNC(=O)Oc1cccc(C(=O)c2c(N)n[nH]c2-c2ccc(F)cc2)c1. The zero-order chi connectivity index (χ0) is 19.4. The van der Waals surface area contributed by atoms with Gasteiger partial charge in [0.25, 0.3) is 0 Å². The average Bonchev–Trinajstić information content (AvgIpc) is 3.03. The van der Waals surface area contributed by atoms with Crippen LogP contribution in [0.2, 0.25) is 0 Å². The molecular weight excluding hydrogens is 351 g/mol. The number of halogens is 1. The lowest BCUT2D eigenvalue weighted by molar-refractivity contribution is 0.103. The van der Waals surface area contributed by atoms with Crippen molar-refractivity contribution in [1.29, 1.82) is 0 Å². The summed E-state index contributed by atoms with van der Waals surface area (Å²) in [5.74, 6) is -0.553. The minimum Gasteiger partial charge on any atom is -0.410 e. The summed E-state index contributed by atoms with van der Waals surface area (Å²) in [6, 6.07) is 11.8. The number of anilines is 1. The lowest BCUT2D eigenvalue weighted by Gasteiger charge is -2.07. The molecule has 0 unspecified atom stereocenters. The van der Waals surface area contributed by atoms with Crippen LogP contribution in [0, 0.1) is 5.82 Å². The fraction of sp³-hybridized carbons (Fsp3) is 0.105. The fourth-order valence-corrected chi connectivity index (χ4v) is 2.54. The number of nitrogens with two attached hydrogens (primary N) is 1. The minimum atomic E-state index is -0.614. The largest absolute Gasteiger partial charge is 0.412 e.